The molecule has 1 aliphatic rings. The Morgan fingerprint density at radius 3 is 3.12 bits per heavy atom. The van der Waals surface area contributed by atoms with Gasteiger partial charge in [0.25, 0.3) is 0 Å². The van der Waals surface area contributed by atoms with E-state index < -0.39 is 0 Å². The monoisotopic (exact) mass is 247 g/mol. The van der Waals surface area contributed by atoms with E-state index >= 15 is 0 Å². The Labute approximate surface area is 105 Å². The number of nitrogens with one attached hydrogen (secondary N) is 1. The molecule has 3 rings (SSSR count). The van der Waals surface area contributed by atoms with Crippen molar-refractivity contribution in [1.82, 2.24) is 15.1 Å². The highest BCUT2D eigenvalue weighted by atomic mass is 35.5. The highest BCUT2D eigenvalue weighted by Crippen LogP contribution is 2.23. The predicted molar refractivity (Wildman–Crippen MR) is 68.8 cm³/mol. The molecule has 1 fully saturated rings. The number of benzene rings is 1. The Hall–Kier alpha value is -1.32. The van der Waals surface area contributed by atoms with Crippen LogP contribution in [0.5, 0.6) is 0 Å². The summed E-state index contributed by atoms with van der Waals surface area (Å²) in [5.74, 6) is 0.600. The highest BCUT2D eigenvalue weighted by Gasteiger charge is 2.18. The molecule has 1 atom stereocenters. The molecule has 17 heavy (non-hydrogen) atoms. The third-order valence-electron chi connectivity index (χ3n) is 3.21. The van der Waals surface area contributed by atoms with Crippen LogP contribution in [0.25, 0.3) is 5.69 Å². The second-order valence-electron chi connectivity index (χ2n) is 4.39. The fraction of sp³-hybridized carbons (Fsp3) is 0.308. The first-order valence-electron chi connectivity index (χ1n) is 5.84. The first-order chi connectivity index (χ1) is 8.33. The zero-order chi connectivity index (χ0) is 11.7. The molecule has 2 aromatic rings. The molecule has 1 unspecified atom stereocenters. The van der Waals surface area contributed by atoms with Gasteiger partial charge in [0.15, 0.2) is 0 Å². The van der Waals surface area contributed by atoms with Gasteiger partial charge >= 0.3 is 0 Å². The van der Waals surface area contributed by atoms with Gasteiger partial charge in [0, 0.05) is 23.7 Å². The van der Waals surface area contributed by atoms with Crippen molar-refractivity contribution >= 4 is 11.6 Å². The van der Waals surface area contributed by atoms with E-state index in [0.29, 0.717) is 5.92 Å². The second kappa shape index (κ2) is 4.51. The standard InChI is InChI=1S/C13H14ClN3/c14-12-2-1-3-13(6-12)17-9-11(8-16-17)10-4-5-15-7-10/h1-3,6,8-10,15H,4-5,7H2. The number of nitrogens with zero attached hydrogens (tertiary/aromatic N) is 2. The predicted octanol–water partition coefficient (Wildman–Crippen LogP) is 2.60. The maximum Gasteiger partial charge on any atom is 0.0660 e. The summed E-state index contributed by atoms with van der Waals surface area (Å²) < 4.78 is 1.89. The van der Waals surface area contributed by atoms with Crippen molar-refractivity contribution in [3.05, 3.63) is 47.2 Å². The Morgan fingerprint density at radius 2 is 2.35 bits per heavy atom. The van der Waals surface area contributed by atoms with Crippen molar-refractivity contribution in [1.29, 1.82) is 0 Å². The quantitative estimate of drug-likeness (QED) is 0.884. The van der Waals surface area contributed by atoms with Gasteiger partial charge < -0.3 is 5.32 Å². The summed E-state index contributed by atoms with van der Waals surface area (Å²) in [5.41, 5.74) is 2.31. The topological polar surface area (TPSA) is 29.9 Å². The van der Waals surface area contributed by atoms with Crippen LogP contribution in [0.2, 0.25) is 5.02 Å². The van der Waals surface area contributed by atoms with Crippen molar-refractivity contribution in [2.24, 2.45) is 0 Å². The van der Waals surface area contributed by atoms with Crippen LogP contribution >= 0.6 is 11.6 Å². The van der Waals surface area contributed by atoms with Gasteiger partial charge in [-0.05, 0) is 36.7 Å². The first kappa shape index (κ1) is 10.8. The van der Waals surface area contributed by atoms with Crippen LogP contribution in [0.3, 0.4) is 0 Å². The zero-order valence-electron chi connectivity index (χ0n) is 9.44. The smallest absolute Gasteiger partial charge is 0.0660 e. The first-order valence-corrected chi connectivity index (χ1v) is 6.22. The van der Waals surface area contributed by atoms with E-state index in [1.54, 1.807) is 0 Å². The van der Waals surface area contributed by atoms with Crippen molar-refractivity contribution in [3.8, 4) is 5.69 Å². The molecule has 0 aliphatic carbocycles. The lowest BCUT2D eigenvalue weighted by atomic mass is 10.0. The summed E-state index contributed by atoms with van der Waals surface area (Å²) >= 11 is 5.98. The summed E-state index contributed by atoms with van der Waals surface area (Å²) in [4.78, 5) is 0. The molecule has 4 heteroatoms. The minimum absolute atomic E-state index is 0.600. The maximum atomic E-state index is 5.98. The van der Waals surface area contributed by atoms with Crippen LogP contribution in [0, 0.1) is 0 Å². The van der Waals surface area contributed by atoms with Crippen LogP contribution in [0.4, 0.5) is 0 Å². The van der Waals surface area contributed by atoms with E-state index in [1.165, 1.54) is 12.0 Å². The lowest BCUT2D eigenvalue weighted by molar-refractivity contribution is 0.762. The van der Waals surface area contributed by atoms with Gasteiger partial charge in [-0.1, -0.05) is 17.7 Å². The van der Waals surface area contributed by atoms with Gasteiger partial charge in [-0.3, -0.25) is 0 Å². The van der Waals surface area contributed by atoms with E-state index in [4.69, 9.17) is 11.6 Å². The maximum absolute atomic E-state index is 5.98. The van der Waals surface area contributed by atoms with E-state index in [-0.39, 0.29) is 0 Å². The van der Waals surface area contributed by atoms with E-state index in [2.05, 4.69) is 16.6 Å². The number of hydrogen-bond donors (Lipinski definition) is 1. The van der Waals surface area contributed by atoms with Crippen molar-refractivity contribution in [3.63, 3.8) is 0 Å². The van der Waals surface area contributed by atoms with Crippen molar-refractivity contribution < 1.29 is 0 Å². The summed E-state index contributed by atoms with van der Waals surface area (Å²) in [7, 11) is 0. The Kier molecular flexibility index (Phi) is 2.87. The average Bonchev–Trinajstić information content (AvgIpc) is 3.00. The number of halogens is 1. The molecule has 0 spiro atoms. The van der Waals surface area contributed by atoms with Gasteiger partial charge in [0.1, 0.15) is 0 Å². The molecular formula is C13H14ClN3. The summed E-state index contributed by atoms with van der Waals surface area (Å²) in [6.45, 7) is 2.16. The summed E-state index contributed by atoms with van der Waals surface area (Å²) in [6.07, 6.45) is 5.25. The third kappa shape index (κ3) is 2.21. The Balaban J connectivity index is 1.89. The molecule has 88 valence electrons. The zero-order valence-corrected chi connectivity index (χ0v) is 10.2. The molecule has 3 nitrogen and oxygen atoms in total. The van der Waals surface area contributed by atoms with Gasteiger partial charge in [0.2, 0.25) is 0 Å². The molecular weight excluding hydrogens is 234 g/mol. The van der Waals surface area contributed by atoms with Gasteiger partial charge in [-0.15, -0.1) is 0 Å². The van der Waals surface area contributed by atoms with Crippen LogP contribution in [0.1, 0.15) is 17.9 Å². The average molecular weight is 248 g/mol. The molecule has 1 aromatic heterocycles. The van der Waals surface area contributed by atoms with E-state index in [0.717, 1.165) is 23.8 Å². The van der Waals surface area contributed by atoms with Crippen LogP contribution in [-0.2, 0) is 0 Å². The van der Waals surface area contributed by atoms with E-state index in [1.807, 2.05) is 35.1 Å². The minimum atomic E-state index is 0.600. The fourth-order valence-corrected chi connectivity index (χ4v) is 2.43. The molecule has 0 bridgehead atoms. The molecule has 0 saturated carbocycles. The second-order valence-corrected chi connectivity index (χ2v) is 4.82. The number of aromatic nitrogens is 2. The van der Waals surface area contributed by atoms with Crippen LogP contribution in [-0.4, -0.2) is 22.9 Å². The van der Waals surface area contributed by atoms with Gasteiger partial charge in [-0.2, -0.15) is 5.10 Å². The largest absolute Gasteiger partial charge is 0.316 e. The number of hydrogen-bond acceptors (Lipinski definition) is 2. The Bertz CT molecular complexity index is 515. The lowest BCUT2D eigenvalue weighted by Gasteiger charge is -2.04. The Morgan fingerprint density at radius 1 is 1.41 bits per heavy atom. The molecule has 1 aromatic carbocycles. The van der Waals surface area contributed by atoms with Crippen molar-refractivity contribution in [2.45, 2.75) is 12.3 Å². The summed E-state index contributed by atoms with van der Waals surface area (Å²) in [5, 5.41) is 8.51. The highest BCUT2D eigenvalue weighted by molar-refractivity contribution is 6.30. The summed E-state index contributed by atoms with van der Waals surface area (Å²) in [6, 6.07) is 7.74. The normalized spacial score (nSPS) is 19.7. The van der Waals surface area contributed by atoms with Crippen molar-refractivity contribution in [2.75, 3.05) is 13.1 Å². The molecule has 1 N–H and O–H groups in total. The minimum Gasteiger partial charge on any atom is -0.316 e. The van der Waals surface area contributed by atoms with Gasteiger partial charge in [-0.25, -0.2) is 4.68 Å². The van der Waals surface area contributed by atoms with Gasteiger partial charge in [0.05, 0.1) is 11.9 Å². The molecule has 0 amide bonds. The fourth-order valence-electron chi connectivity index (χ4n) is 2.25. The molecule has 1 aliphatic heterocycles. The third-order valence-corrected chi connectivity index (χ3v) is 3.44. The van der Waals surface area contributed by atoms with E-state index in [9.17, 15) is 0 Å². The van der Waals surface area contributed by atoms with Crippen LogP contribution < -0.4 is 5.32 Å². The SMILES string of the molecule is Clc1cccc(-n2cc(C3CCNC3)cn2)c1. The molecule has 2 heterocycles. The van der Waals surface area contributed by atoms with Crippen LogP contribution in [0.15, 0.2) is 36.7 Å². The lowest BCUT2D eigenvalue weighted by Crippen LogP contribution is -2.07. The number of rotatable bonds is 2. The molecule has 0 radical (unpaired) electrons. The molecule has 1 saturated heterocycles.